The van der Waals surface area contributed by atoms with Gasteiger partial charge in [-0.2, -0.15) is 0 Å². The zero-order valence-electron chi connectivity index (χ0n) is 9.12. The molecular formula is C12H18N2S. The molecule has 2 N–H and O–H groups in total. The lowest BCUT2D eigenvalue weighted by molar-refractivity contribution is 0.460. The summed E-state index contributed by atoms with van der Waals surface area (Å²) in [6.45, 7) is 2.32. The number of benzene rings is 1. The van der Waals surface area contributed by atoms with Crippen LogP contribution in [-0.2, 0) is 0 Å². The van der Waals surface area contributed by atoms with E-state index in [-0.39, 0.29) is 0 Å². The molecule has 1 aliphatic heterocycles. The Hall–Kier alpha value is -0.670. The molecule has 3 heteroatoms. The zero-order valence-corrected chi connectivity index (χ0v) is 9.94. The van der Waals surface area contributed by atoms with Crippen LogP contribution in [0.3, 0.4) is 0 Å². The third-order valence-electron chi connectivity index (χ3n) is 2.94. The van der Waals surface area contributed by atoms with Gasteiger partial charge >= 0.3 is 0 Å². The van der Waals surface area contributed by atoms with Gasteiger partial charge in [-0.3, -0.25) is 0 Å². The molecule has 2 rings (SSSR count). The van der Waals surface area contributed by atoms with Gasteiger partial charge in [0.25, 0.3) is 0 Å². The minimum atomic E-state index is 0.759. The SMILES string of the molecule is CSNc1ccc(C2CCNCC2)cc1. The molecule has 0 aliphatic carbocycles. The van der Waals surface area contributed by atoms with Gasteiger partial charge in [-0.25, -0.2) is 0 Å². The van der Waals surface area contributed by atoms with E-state index >= 15 is 0 Å². The van der Waals surface area contributed by atoms with Gasteiger partial charge in [-0.15, -0.1) is 0 Å². The van der Waals surface area contributed by atoms with Crippen molar-refractivity contribution in [2.24, 2.45) is 0 Å². The number of hydrogen-bond acceptors (Lipinski definition) is 3. The molecule has 1 heterocycles. The highest BCUT2D eigenvalue weighted by molar-refractivity contribution is 7.99. The van der Waals surface area contributed by atoms with Crippen LogP contribution in [0.15, 0.2) is 24.3 Å². The van der Waals surface area contributed by atoms with E-state index in [1.54, 1.807) is 11.9 Å². The molecule has 0 spiro atoms. The first-order chi connectivity index (χ1) is 7.40. The highest BCUT2D eigenvalue weighted by atomic mass is 32.2. The van der Waals surface area contributed by atoms with E-state index in [0.29, 0.717) is 0 Å². The average molecular weight is 222 g/mol. The minimum Gasteiger partial charge on any atom is -0.330 e. The Morgan fingerprint density at radius 3 is 2.47 bits per heavy atom. The quantitative estimate of drug-likeness (QED) is 0.769. The Bertz CT molecular complexity index is 291. The van der Waals surface area contributed by atoms with E-state index in [1.807, 2.05) is 6.26 Å². The summed E-state index contributed by atoms with van der Waals surface area (Å²) in [7, 11) is 0. The van der Waals surface area contributed by atoms with E-state index in [0.717, 1.165) is 19.0 Å². The van der Waals surface area contributed by atoms with Crippen LogP contribution in [0, 0.1) is 0 Å². The molecule has 82 valence electrons. The van der Waals surface area contributed by atoms with Crippen molar-refractivity contribution in [2.75, 3.05) is 24.1 Å². The second-order valence-electron chi connectivity index (χ2n) is 3.95. The maximum absolute atomic E-state index is 3.40. The van der Waals surface area contributed by atoms with Crippen LogP contribution >= 0.6 is 11.9 Å². The molecule has 0 unspecified atom stereocenters. The van der Waals surface area contributed by atoms with Crippen LogP contribution in [0.1, 0.15) is 24.3 Å². The first-order valence-corrected chi connectivity index (χ1v) is 6.72. The van der Waals surface area contributed by atoms with Gasteiger partial charge in [0.15, 0.2) is 0 Å². The fourth-order valence-corrected chi connectivity index (χ4v) is 2.47. The first kappa shape index (κ1) is 10.8. The third kappa shape index (κ3) is 2.89. The highest BCUT2D eigenvalue weighted by Crippen LogP contribution is 2.26. The molecular weight excluding hydrogens is 204 g/mol. The van der Waals surface area contributed by atoms with Crippen LogP contribution in [-0.4, -0.2) is 19.3 Å². The van der Waals surface area contributed by atoms with Crippen molar-refractivity contribution in [3.63, 3.8) is 0 Å². The summed E-state index contributed by atoms with van der Waals surface area (Å²) < 4.78 is 3.24. The summed E-state index contributed by atoms with van der Waals surface area (Å²) in [5, 5.41) is 3.40. The smallest absolute Gasteiger partial charge is 0.0440 e. The highest BCUT2D eigenvalue weighted by Gasteiger charge is 2.14. The van der Waals surface area contributed by atoms with E-state index in [9.17, 15) is 0 Å². The number of hydrogen-bond donors (Lipinski definition) is 2. The summed E-state index contributed by atoms with van der Waals surface area (Å²) in [5.41, 5.74) is 2.68. The Kier molecular flexibility index (Phi) is 3.92. The molecule has 1 fully saturated rings. The van der Waals surface area contributed by atoms with Crippen molar-refractivity contribution in [1.82, 2.24) is 5.32 Å². The normalized spacial score (nSPS) is 17.7. The van der Waals surface area contributed by atoms with Crippen LogP contribution in [0.4, 0.5) is 5.69 Å². The van der Waals surface area contributed by atoms with Gasteiger partial charge in [-0.1, -0.05) is 24.1 Å². The largest absolute Gasteiger partial charge is 0.330 e. The molecule has 0 amide bonds. The van der Waals surface area contributed by atoms with Crippen LogP contribution in [0.25, 0.3) is 0 Å². The van der Waals surface area contributed by atoms with Gasteiger partial charge in [0.1, 0.15) is 0 Å². The predicted octanol–water partition coefficient (Wildman–Crippen LogP) is 2.84. The second-order valence-corrected chi connectivity index (χ2v) is 4.56. The second kappa shape index (κ2) is 5.42. The molecule has 15 heavy (non-hydrogen) atoms. The van der Waals surface area contributed by atoms with Crippen LogP contribution in [0.2, 0.25) is 0 Å². The topological polar surface area (TPSA) is 24.1 Å². The average Bonchev–Trinajstić information content (AvgIpc) is 2.32. The summed E-state index contributed by atoms with van der Waals surface area (Å²) in [6, 6.07) is 8.87. The van der Waals surface area contributed by atoms with Gasteiger partial charge in [0.2, 0.25) is 0 Å². The lowest BCUT2D eigenvalue weighted by atomic mass is 9.90. The predicted molar refractivity (Wildman–Crippen MR) is 68.4 cm³/mol. The Labute approximate surface area is 96.0 Å². The third-order valence-corrected chi connectivity index (χ3v) is 3.38. The molecule has 2 nitrogen and oxygen atoms in total. The Morgan fingerprint density at radius 2 is 1.87 bits per heavy atom. The van der Waals surface area contributed by atoms with Crippen LogP contribution < -0.4 is 10.0 Å². The first-order valence-electron chi connectivity index (χ1n) is 5.50. The van der Waals surface area contributed by atoms with Crippen molar-refractivity contribution < 1.29 is 0 Å². The van der Waals surface area contributed by atoms with Crippen molar-refractivity contribution in [3.05, 3.63) is 29.8 Å². The van der Waals surface area contributed by atoms with Gasteiger partial charge < -0.3 is 10.0 Å². The van der Waals surface area contributed by atoms with Gasteiger partial charge in [0.05, 0.1) is 0 Å². The van der Waals surface area contributed by atoms with Gasteiger partial charge in [0, 0.05) is 11.9 Å². The monoisotopic (exact) mass is 222 g/mol. The lowest BCUT2D eigenvalue weighted by Crippen LogP contribution is -2.26. The fourth-order valence-electron chi connectivity index (χ4n) is 2.10. The molecule has 1 aromatic carbocycles. The lowest BCUT2D eigenvalue weighted by Gasteiger charge is -2.23. The summed E-state index contributed by atoms with van der Waals surface area (Å²) in [5.74, 6) is 0.759. The van der Waals surface area contributed by atoms with E-state index in [2.05, 4.69) is 34.3 Å². The summed E-state index contributed by atoms with van der Waals surface area (Å²) in [4.78, 5) is 0. The number of rotatable bonds is 3. The molecule has 0 atom stereocenters. The van der Waals surface area contributed by atoms with Crippen molar-refractivity contribution in [2.45, 2.75) is 18.8 Å². The van der Waals surface area contributed by atoms with E-state index < -0.39 is 0 Å². The van der Waals surface area contributed by atoms with Crippen molar-refractivity contribution in [1.29, 1.82) is 0 Å². The molecule has 0 aromatic heterocycles. The molecule has 1 aliphatic rings. The maximum atomic E-state index is 3.40. The van der Waals surface area contributed by atoms with E-state index in [1.165, 1.54) is 24.1 Å². The molecule has 0 saturated carbocycles. The summed E-state index contributed by atoms with van der Waals surface area (Å²) >= 11 is 1.64. The fraction of sp³-hybridized carbons (Fsp3) is 0.500. The van der Waals surface area contributed by atoms with Crippen molar-refractivity contribution in [3.8, 4) is 0 Å². The van der Waals surface area contributed by atoms with Gasteiger partial charge in [-0.05, 0) is 49.5 Å². The number of nitrogens with one attached hydrogen (secondary N) is 2. The Balaban J connectivity index is 2.02. The standard InChI is InChI=1S/C12H18N2S/c1-15-14-12-4-2-10(3-5-12)11-6-8-13-9-7-11/h2-5,11,13-14H,6-9H2,1H3. The summed E-state index contributed by atoms with van der Waals surface area (Å²) in [6.07, 6.45) is 4.59. The minimum absolute atomic E-state index is 0.759. The maximum Gasteiger partial charge on any atom is 0.0440 e. The number of piperidine rings is 1. The van der Waals surface area contributed by atoms with Crippen LogP contribution in [0.5, 0.6) is 0 Å². The van der Waals surface area contributed by atoms with E-state index in [4.69, 9.17) is 0 Å². The molecule has 0 bridgehead atoms. The zero-order chi connectivity index (χ0) is 10.5. The molecule has 1 saturated heterocycles. The molecule has 1 aromatic rings. The Morgan fingerprint density at radius 1 is 1.20 bits per heavy atom. The van der Waals surface area contributed by atoms with Crippen molar-refractivity contribution >= 4 is 17.6 Å². The molecule has 0 radical (unpaired) electrons. The number of anilines is 1.